The van der Waals surface area contributed by atoms with Gasteiger partial charge in [-0.3, -0.25) is 0 Å². The van der Waals surface area contributed by atoms with E-state index in [9.17, 15) is 0 Å². The third-order valence-corrected chi connectivity index (χ3v) is 2.71. The first-order chi connectivity index (χ1) is 8.04. The van der Waals surface area contributed by atoms with Gasteiger partial charge in [-0.1, -0.05) is 11.6 Å². The summed E-state index contributed by atoms with van der Waals surface area (Å²) in [6.07, 6.45) is 0. The fraction of sp³-hybridized carbons (Fsp3) is 0.182. The summed E-state index contributed by atoms with van der Waals surface area (Å²) in [6, 6.07) is 5.23. The summed E-state index contributed by atoms with van der Waals surface area (Å²) in [5.74, 6) is 1.54. The molecule has 0 aliphatic carbocycles. The lowest BCUT2D eigenvalue weighted by Crippen LogP contribution is -1.95. The molecule has 0 amide bonds. The molecule has 0 aliphatic rings. The van der Waals surface area contributed by atoms with Crippen molar-refractivity contribution in [2.75, 3.05) is 0 Å². The van der Waals surface area contributed by atoms with Gasteiger partial charge in [0, 0.05) is 11.8 Å². The topological polar surface area (TPSA) is 47.9 Å². The molecule has 0 saturated carbocycles. The summed E-state index contributed by atoms with van der Waals surface area (Å²) in [7, 11) is 0. The Morgan fingerprint density at radius 2 is 1.94 bits per heavy atom. The highest BCUT2D eigenvalue weighted by Gasteiger charge is 2.07. The second-order valence-corrected chi connectivity index (χ2v) is 4.56. The van der Waals surface area contributed by atoms with Gasteiger partial charge >= 0.3 is 0 Å². The summed E-state index contributed by atoms with van der Waals surface area (Å²) in [4.78, 5) is 12.3. The number of aryl methyl sites for hydroxylation is 2. The Morgan fingerprint density at radius 3 is 2.59 bits per heavy atom. The van der Waals surface area contributed by atoms with Crippen molar-refractivity contribution >= 4 is 27.5 Å². The Balaban J connectivity index is 2.31. The van der Waals surface area contributed by atoms with Crippen LogP contribution in [0, 0.1) is 13.8 Å². The Hall–Kier alpha value is -1.20. The highest BCUT2D eigenvalue weighted by molar-refractivity contribution is 9.10. The highest BCUT2D eigenvalue weighted by Crippen LogP contribution is 2.28. The third-order valence-electron chi connectivity index (χ3n) is 1.95. The van der Waals surface area contributed by atoms with E-state index in [2.05, 4.69) is 30.9 Å². The molecule has 0 aromatic carbocycles. The SMILES string of the molecule is Cc1ccc(Oc2cc(Cl)nc(C)n2)c(Br)n1. The minimum atomic E-state index is 0.351. The zero-order chi connectivity index (χ0) is 12.4. The molecular formula is C11H9BrClN3O. The summed E-state index contributed by atoms with van der Waals surface area (Å²) in [5, 5.41) is 0.351. The third kappa shape index (κ3) is 3.14. The molecule has 17 heavy (non-hydrogen) atoms. The molecule has 2 heterocycles. The van der Waals surface area contributed by atoms with Gasteiger partial charge in [-0.2, -0.15) is 4.98 Å². The fourth-order valence-electron chi connectivity index (χ4n) is 1.26. The molecule has 0 radical (unpaired) electrons. The molecule has 2 aromatic heterocycles. The molecule has 6 heteroatoms. The molecule has 0 bridgehead atoms. The molecule has 0 atom stereocenters. The Labute approximate surface area is 112 Å². The molecule has 0 aliphatic heterocycles. The van der Waals surface area contributed by atoms with Crippen molar-refractivity contribution in [2.24, 2.45) is 0 Å². The smallest absolute Gasteiger partial charge is 0.224 e. The van der Waals surface area contributed by atoms with E-state index >= 15 is 0 Å². The van der Waals surface area contributed by atoms with E-state index in [1.165, 1.54) is 0 Å². The monoisotopic (exact) mass is 313 g/mol. The molecule has 2 rings (SSSR count). The van der Waals surface area contributed by atoms with Crippen molar-refractivity contribution in [3.8, 4) is 11.6 Å². The summed E-state index contributed by atoms with van der Waals surface area (Å²) >= 11 is 9.15. The van der Waals surface area contributed by atoms with Gasteiger partial charge in [-0.05, 0) is 41.9 Å². The van der Waals surface area contributed by atoms with Gasteiger partial charge in [0.05, 0.1) is 0 Å². The van der Waals surface area contributed by atoms with E-state index < -0.39 is 0 Å². The standard InChI is InChI=1S/C11H9BrClN3O/c1-6-3-4-8(11(12)14-6)17-10-5-9(13)15-7(2)16-10/h3-5H,1-2H3. The van der Waals surface area contributed by atoms with Crippen LogP contribution in [0.3, 0.4) is 0 Å². The summed E-state index contributed by atoms with van der Waals surface area (Å²) < 4.78 is 6.21. The van der Waals surface area contributed by atoms with Gasteiger partial charge in [0.15, 0.2) is 5.75 Å². The fourth-order valence-corrected chi connectivity index (χ4v) is 1.97. The van der Waals surface area contributed by atoms with Crippen LogP contribution in [0.5, 0.6) is 11.6 Å². The minimum absolute atomic E-state index is 0.351. The van der Waals surface area contributed by atoms with E-state index in [1.54, 1.807) is 13.0 Å². The van der Waals surface area contributed by atoms with Gasteiger partial charge < -0.3 is 4.74 Å². The van der Waals surface area contributed by atoms with Crippen molar-refractivity contribution in [3.05, 3.63) is 39.5 Å². The van der Waals surface area contributed by atoms with Crippen molar-refractivity contribution < 1.29 is 4.74 Å². The molecule has 0 unspecified atom stereocenters. The van der Waals surface area contributed by atoms with Crippen LogP contribution >= 0.6 is 27.5 Å². The van der Waals surface area contributed by atoms with Gasteiger partial charge in [0.2, 0.25) is 5.88 Å². The van der Waals surface area contributed by atoms with Gasteiger partial charge in [-0.25, -0.2) is 9.97 Å². The number of pyridine rings is 1. The van der Waals surface area contributed by atoms with Gasteiger partial charge in [0.25, 0.3) is 0 Å². The zero-order valence-electron chi connectivity index (χ0n) is 9.24. The number of halogens is 2. The number of ether oxygens (including phenoxy) is 1. The normalized spacial score (nSPS) is 10.4. The summed E-state index contributed by atoms with van der Waals surface area (Å²) in [5.41, 5.74) is 0.904. The Bertz CT molecular complexity index is 542. The van der Waals surface area contributed by atoms with Gasteiger partial charge in [-0.15, -0.1) is 0 Å². The van der Waals surface area contributed by atoms with Crippen LogP contribution < -0.4 is 4.74 Å². The van der Waals surface area contributed by atoms with Crippen LogP contribution in [0.4, 0.5) is 0 Å². The van der Waals surface area contributed by atoms with E-state index in [4.69, 9.17) is 16.3 Å². The predicted octanol–water partition coefficient (Wildman–Crippen LogP) is 3.70. The second-order valence-electron chi connectivity index (χ2n) is 3.42. The van der Waals surface area contributed by atoms with Crippen LogP contribution in [-0.2, 0) is 0 Å². The average Bonchev–Trinajstić information content (AvgIpc) is 2.21. The highest BCUT2D eigenvalue weighted by atomic mass is 79.9. The summed E-state index contributed by atoms with van der Waals surface area (Å²) in [6.45, 7) is 3.65. The number of hydrogen-bond donors (Lipinski definition) is 0. The number of aromatic nitrogens is 3. The lowest BCUT2D eigenvalue weighted by molar-refractivity contribution is 0.454. The molecule has 0 spiro atoms. The zero-order valence-corrected chi connectivity index (χ0v) is 11.6. The molecule has 2 aromatic rings. The van der Waals surface area contributed by atoms with E-state index in [0.717, 1.165) is 5.69 Å². The quantitative estimate of drug-likeness (QED) is 0.626. The Morgan fingerprint density at radius 1 is 1.18 bits per heavy atom. The van der Waals surface area contributed by atoms with Crippen LogP contribution in [0.2, 0.25) is 5.15 Å². The van der Waals surface area contributed by atoms with Crippen LogP contribution in [0.15, 0.2) is 22.8 Å². The maximum absolute atomic E-state index is 5.82. The van der Waals surface area contributed by atoms with Crippen molar-refractivity contribution in [1.29, 1.82) is 0 Å². The van der Waals surface area contributed by atoms with E-state index in [1.807, 2.05) is 19.1 Å². The molecule has 0 N–H and O–H groups in total. The first kappa shape index (κ1) is 12.3. The molecule has 4 nitrogen and oxygen atoms in total. The van der Waals surface area contributed by atoms with Crippen LogP contribution in [0.1, 0.15) is 11.5 Å². The van der Waals surface area contributed by atoms with Crippen LogP contribution in [-0.4, -0.2) is 15.0 Å². The Kier molecular flexibility index (Phi) is 3.59. The van der Waals surface area contributed by atoms with E-state index in [-0.39, 0.29) is 0 Å². The van der Waals surface area contributed by atoms with E-state index in [0.29, 0.717) is 27.2 Å². The second kappa shape index (κ2) is 4.98. The maximum Gasteiger partial charge on any atom is 0.224 e. The lowest BCUT2D eigenvalue weighted by Gasteiger charge is -2.07. The maximum atomic E-state index is 5.82. The van der Waals surface area contributed by atoms with Crippen molar-refractivity contribution in [1.82, 2.24) is 15.0 Å². The molecular weight excluding hydrogens is 305 g/mol. The number of rotatable bonds is 2. The first-order valence-corrected chi connectivity index (χ1v) is 6.04. The number of nitrogens with zero attached hydrogens (tertiary/aromatic N) is 3. The average molecular weight is 315 g/mol. The number of hydrogen-bond acceptors (Lipinski definition) is 4. The molecule has 88 valence electrons. The molecule has 0 fully saturated rings. The van der Waals surface area contributed by atoms with Crippen molar-refractivity contribution in [3.63, 3.8) is 0 Å². The van der Waals surface area contributed by atoms with Gasteiger partial charge in [0.1, 0.15) is 15.6 Å². The largest absolute Gasteiger partial charge is 0.436 e. The van der Waals surface area contributed by atoms with Crippen LogP contribution in [0.25, 0.3) is 0 Å². The van der Waals surface area contributed by atoms with Crippen molar-refractivity contribution in [2.45, 2.75) is 13.8 Å². The predicted molar refractivity (Wildman–Crippen MR) is 68.5 cm³/mol. The lowest BCUT2D eigenvalue weighted by atomic mass is 10.4. The molecule has 0 saturated heterocycles. The first-order valence-electron chi connectivity index (χ1n) is 4.87. The minimum Gasteiger partial charge on any atom is -0.436 e.